The van der Waals surface area contributed by atoms with Gasteiger partial charge in [0.2, 0.25) is 5.91 Å². The molecule has 26 heavy (non-hydrogen) atoms. The molecule has 1 saturated carbocycles. The third kappa shape index (κ3) is 4.28. The van der Waals surface area contributed by atoms with Crippen LogP contribution in [0.15, 0.2) is 30.3 Å². The minimum Gasteiger partial charge on any atom is -0.481 e. The number of carbonyl (C=O) groups excluding carboxylic acids is 1. The molecule has 0 spiro atoms. The number of nitrogens with zero attached hydrogens (tertiary/aromatic N) is 1. The van der Waals surface area contributed by atoms with E-state index < -0.39 is 11.4 Å². The summed E-state index contributed by atoms with van der Waals surface area (Å²) in [6, 6.07) is 9.49. The van der Waals surface area contributed by atoms with Gasteiger partial charge in [-0.05, 0) is 37.2 Å². The second-order valence-corrected chi connectivity index (χ2v) is 8.03. The van der Waals surface area contributed by atoms with E-state index in [-0.39, 0.29) is 5.91 Å². The number of carboxylic acids is 1. The van der Waals surface area contributed by atoms with E-state index in [0.29, 0.717) is 32.4 Å². The number of hydrogen-bond acceptors (Lipinski definition) is 2. The molecule has 2 fully saturated rings. The maximum absolute atomic E-state index is 12.5. The van der Waals surface area contributed by atoms with Gasteiger partial charge in [-0.1, -0.05) is 62.4 Å². The van der Waals surface area contributed by atoms with Crippen LogP contribution < -0.4 is 0 Å². The number of carboxylic acid groups (broad SMARTS) is 1. The lowest BCUT2D eigenvalue weighted by Gasteiger charge is -2.39. The third-order valence-corrected chi connectivity index (χ3v) is 6.43. The van der Waals surface area contributed by atoms with Crippen LogP contribution in [0.5, 0.6) is 0 Å². The maximum Gasteiger partial charge on any atom is 0.314 e. The smallest absolute Gasteiger partial charge is 0.314 e. The van der Waals surface area contributed by atoms with E-state index in [2.05, 4.69) is 0 Å². The van der Waals surface area contributed by atoms with Gasteiger partial charge >= 0.3 is 5.97 Å². The number of carbonyl (C=O) groups is 2. The Morgan fingerprint density at radius 2 is 1.69 bits per heavy atom. The molecule has 4 heteroatoms. The number of amides is 1. The molecule has 2 aliphatic rings. The summed E-state index contributed by atoms with van der Waals surface area (Å²) < 4.78 is 0. The largest absolute Gasteiger partial charge is 0.481 e. The standard InChI is InChI=1S/C22H31NO3/c24-20(13-7-10-18-8-3-1-4-9-18)23-16-14-22(15-17-23,21(25)26)19-11-5-2-6-12-19/h2,5-6,11-12,18H,1,3-4,7-10,13-17H2,(H,25,26). The van der Waals surface area contributed by atoms with E-state index in [1.807, 2.05) is 35.2 Å². The molecular weight excluding hydrogens is 326 g/mol. The van der Waals surface area contributed by atoms with Gasteiger partial charge in [0.25, 0.3) is 0 Å². The van der Waals surface area contributed by atoms with Crippen LogP contribution in [0.1, 0.15) is 69.8 Å². The van der Waals surface area contributed by atoms with Crippen molar-refractivity contribution in [3.8, 4) is 0 Å². The van der Waals surface area contributed by atoms with Crippen molar-refractivity contribution < 1.29 is 14.7 Å². The number of benzene rings is 1. The van der Waals surface area contributed by atoms with E-state index in [0.717, 1.165) is 17.9 Å². The van der Waals surface area contributed by atoms with Crippen molar-refractivity contribution in [2.75, 3.05) is 13.1 Å². The first-order chi connectivity index (χ1) is 12.6. The molecule has 1 aliphatic heterocycles. The van der Waals surface area contributed by atoms with Crippen LogP contribution in [0.3, 0.4) is 0 Å². The molecule has 142 valence electrons. The summed E-state index contributed by atoms with van der Waals surface area (Å²) in [4.78, 5) is 26.4. The zero-order valence-corrected chi connectivity index (χ0v) is 15.7. The van der Waals surface area contributed by atoms with E-state index in [1.54, 1.807) is 0 Å². The Bertz CT molecular complexity index is 599. The summed E-state index contributed by atoms with van der Waals surface area (Å²) in [6.45, 7) is 1.09. The first kappa shape index (κ1) is 18.9. The van der Waals surface area contributed by atoms with Crippen molar-refractivity contribution in [3.05, 3.63) is 35.9 Å². The lowest BCUT2D eigenvalue weighted by atomic mass is 9.73. The monoisotopic (exact) mass is 357 g/mol. The molecule has 0 bridgehead atoms. The maximum atomic E-state index is 12.5. The zero-order valence-electron chi connectivity index (χ0n) is 15.7. The molecule has 0 radical (unpaired) electrons. The van der Waals surface area contributed by atoms with Crippen LogP contribution in [-0.2, 0) is 15.0 Å². The highest BCUT2D eigenvalue weighted by Crippen LogP contribution is 2.36. The van der Waals surface area contributed by atoms with Crippen molar-refractivity contribution in [1.82, 2.24) is 4.90 Å². The van der Waals surface area contributed by atoms with Crippen molar-refractivity contribution in [1.29, 1.82) is 0 Å². The lowest BCUT2D eigenvalue weighted by Crippen LogP contribution is -2.49. The third-order valence-electron chi connectivity index (χ3n) is 6.43. The van der Waals surface area contributed by atoms with Crippen LogP contribution in [0.2, 0.25) is 0 Å². The summed E-state index contributed by atoms with van der Waals surface area (Å²) in [5, 5.41) is 9.85. The van der Waals surface area contributed by atoms with Crippen molar-refractivity contribution >= 4 is 11.9 Å². The molecule has 4 nitrogen and oxygen atoms in total. The Morgan fingerprint density at radius 1 is 1.04 bits per heavy atom. The first-order valence-electron chi connectivity index (χ1n) is 10.2. The molecule has 0 atom stereocenters. The number of piperidine rings is 1. The van der Waals surface area contributed by atoms with E-state index in [1.165, 1.54) is 38.5 Å². The predicted molar refractivity (Wildman–Crippen MR) is 102 cm³/mol. The molecule has 1 heterocycles. The number of rotatable bonds is 6. The fourth-order valence-corrected chi connectivity index (χ4v) is 4.70. The van der Waals surface area contributed by atoms with Crippen molar-refractivity contribution in [2.24, 2.45) is 5.92 Å². The molecule has 0 aromatic heterocycles. The molecular formula is C22H31NO3. The fourth-order valence-electron chi connectivity index (χ4n) is 4.70. The van der Waals surface area contributed by atoms with Crippen LogP contribution >= 0.6 is 0 Å². The van der Waals surface area contributed by atoms with Crippen LogP contribution in [0.4, 0.5) is 0 Å². The molecule has 0 unspecified atom stereocenters. The summed E-state index contributed by atoms with van der Waals surface area (Å²) in [5.74, 6) is 0.247. The molecule has 1 aliphatic carbocycles. The van der Waals surface area contributed by atoms with E-state index in [4.69, 9.17) is 0 Å². The second-order valence-electron chi connectivity index (χ2n) is 8.03. The fraction of sp³-hybridized carbons (Fsp3) is 0.636. The number of hydrogen-bond donors (Lipinski definition) is 1. The van der Waals surface area contributed by atoms with Gasteiger partial charge in [-0.3, -0.25) is 9.59 Å². The number of likely N-dealkylation sites (tertiary alicyclic amines) is 1. The zero-order chi connectivity index (χ0) is 18.4. The topological polar surface area (TPSA) is 57.6 Å². The lowest BCUT2D eigenvalue weighted by molar-refractivity contribution is -0.148. The summed E-state index contributed by atoms with van der Waals surface area (Å²) in [5.41, 5.74) is 0.0112. The summed E-state index contributed by atoms with van der Waals surface area (Å²) >= 11 is 0. The highest BCUT2D eigenvalue weighted by Gasteiger charge is 2.43. The average molecular weight is 357 g/mol. The second kappa shape index (κ2) is 8.70. The van der Waals surface area contributed by atoms with Crippen LogP contribution in [0, 0.1) is 5.92 Å². The molecule has 1 aromatic carbocycles. The molecule has 1 saturated heterocycles. The predicted octanol–water partition coefficient (Wildman–Crippen LogP) is 4.38. The highest BCUT2D eigenvalue weighted by atomic mass is 16.4. The normalized spacial score (nSPS) is 20.7. The Morgan fingerprint density at radius 3 is 2.31 bits per heavy atom. The van der Waals surface area contributed by atoms with E-state index in [9.17, 15) is 14.7 Å². The van der Waals surface area contributed by atoms with Gasteiger partial charge < -0.3 is 10.0 Å². The van der Waals surface area contributed by atoms with Gasteiger partial charge in [0.1, 0.15) is 0 Å². The minimum absolute atomic E-state index is 0.202. The van der Waals surface area contributed by atoms with Gasteiger partial charge in [0.05, 0.1) is 5.41 Å². The molecule has 1 N–H and O–H groups in total. The molecule has 1 amide bonds. The van der Waals surface area contributed by atoms with Gasteiger partial charge in [-0.2, -0.15) is 0 Å². The molecule has 1 aromatic rings. The Hall–Kier alpha value is -1.84. The van der Waals surface area contributed by atoms with Crippen molar-refractivity contribution in [2.45, 2.75) is 69.6 Å². The van der Waals surface area contributed by atoms with Gasteiger partial charge in [0.15, 0.2) is 0 Å². The Labute approximate surface area is 156 Å². The van der Waals surface area contributed by atoms with Gasteiger partial charge in [0, 0.05) is 19.5 Å². The van der Waals surface area contributed by atoms with Crippen LogP contribution in [0.25, 0.3) is 0 Å². The van der Waals surface area contributed by atoms with Gasteiger partial charge in [-0.25, -0.2) is 0 Å². The van der Waals surface area contributed by atoms with E-state index >= 15 is 0 Å². The average Bonchev–Trinajstić information content (AvgIpc) is 2.69. The van der Waals surface area contributed by atoms with Gasteiger partial charge in [-0.15, -0.1) is 0 Å². The quantitative estimate of drug-likeness (QED) is 0.822. The SMILES string of the molecule is O=C(CCCC1CCCCC1)N1CCC(C(=O)O)(c2ccccc2)CC1. The summed E-state index contributed by atoms with van der Waals surface area (Å²) in [7, 11) is 0. The summed E-state index contributed by atoms with van der Waals surface area (Å²) in [6.07, 6.45) is 10.5. The first-order valence-corrected chi connectivity index (χ1v) is 10.2. The minimum atomic E-state index is -0.847. The Balaban J connectivity index is 1.50. The Kier molecular flexibility index (Phi) is 6.33. The van der Waals surface area contributed by atoms with Crippen LogP contribution in [-0.4, -0.2) is 35.0 Å². The number of aliphatic carboxylic acids is 1. The molecule has 3 rings (SSSR count). The highest BCUT2D eigenvalue weighted by molar-refractivity contribution is 5.82. The van der Waals surface area contributed by atoms with Crippen molar-refractivity contribution in [3.63, 3.8) is 0 Å².